The Morgan fingerprint density at radius 2 is 2.15 bits per heavy atom. The Morgan fingerprint density at radius 1 is 1.35 bits per heavy atom. The lowest BCUT2D eigenvalue weighted by atomic mass is 10.3. The van der Waals surface area contributed by atoms with E-state index in [4.69, 9.17) is 35.4 Å². The van der Waals surface area contributed by atoms with E-state index in [0.29, 0.717) is 20.8 Å². The number of thiophene rings is 1. The first-order valence-electron chi connectivity index (χ1n) is 5.64. The van der Waals surface area contributed by atoms with Crippen LogP contribution in [-0.2, 0) is 0 Å². The van der Waals surface area contributed by atoms with Gasteiger partial charge >= 0.3 is 0 Å². The molecule has 0 saturated carbocycles. The van der Waals surface area contributed by atoms with Crippen LogP contribution in [0.25, 0.3) is 0 Å². The molecule has 20 heavy (non-hydrogen) atoms. The molecular weight excluding hydrogens is 333 g/mol. The molecule has 0 radical (unpaired) electrons. The molecule has 1 N–H and O–H groups in total. The van der Waals surface area contributed by atoms with Gasteiger partial charge in [0.25, 0.3) is 0 Å². The van der Waals surface area contributed by atoms with Crippen molar-refractivity contribution >= 4 is 63.8 Å². The molecule has 0 saturated heterocycles. The van der Waals surface area contributed by atoms with E-state index in [0.717, 1.165) is 4.88 Å². The van der Waals surface area contributed by atoms with Crippen molar-refractivity contribution in [3.05, 3.63) is 50.6 Å². The van der Waals surface area contributed by atoms with Crippen LogP contribution in [0.2, 0.25) is 10.0 Å². The second-order valence-electron chi connectivity index (χ2n) is 3.82. The fourth-order valence-corrected chi connectivity index (χ4v) is 2.44. The average molecular weight is 344 g/mol. The fourth-order valence-electron chi connectivity index (χ4n) is 1.36. The smallest absolute Gasteiger partial charge is 0.193 e. The predicted octanol–water partition coefficient (Wildman–Crippen LogP) is 4.72. The summed E-state index contributed by atoms with van der Waals surface area (Å²) in [5.41, 5.74) is 0.655. The second kappa shape index (κ2) is 7.04. The number of halogens is 2. The summed E-state index contributed by atoms with van der Waals surface area (Å²) in [5, 5.41) is 12.2. The zero-order chi connectivity index (χ0) is 14.5. The molecule has 0 spiro atoms. The van der Waals surface area contributed by atoms with E-state index in [1.165, 1.54) is 0 Å². The van der Waals surface area contributed by atoms with E-state index in [2.05, 4.69) is 10.4 Å². The molecule has 0 aliphatic rings. The van der Waals surface area contributed by atoms with Gasteiger partial charge in [-0.2, -0.15) is 5.10 Å². The first kappa shape index (κ1) is 15.3. The first-order valence-corrected chi connectivity index (χ1v) is 7.68. The Bertz CT molecular complexity index is 627. The summed E-state index contributed by atoms with van der Waals surface area (Å²) in [5.74, 6) is 0. The molecule has 104 valence electrons. The van der Waals surface area contributed by atoms with Crippen LogP contribution in [0.3, 0.4) is 0 Å². The van der Waals surface area contributed by atoms with Gasteiger partial charge in [-0.1, -0.05) is 35.3 Å². The predicted molar refractivity (Wildman–Crippen MR) is 92.4 cm³/mol. The highest BCUT2D eigenvalue weighted by molar-refractivity contribution is 7.80. The monoisotopic (exact) mass is 343 g/mol. The van der Waals surface area contributed by atoms with Crippen molar-refractivity contribution in [3.8, 4) is 0 Å². The fraction of sp³-hybridized carbons (Fsp3) is 0.0769. The summed E-state index contributed by atoms with van der Waals surface area (Å²) in [6.07, 6.45) is 1.75. The van der Waals surface area contributed by atoms with Gasteiger partial charge in [0.2, 0.25) is 0 Å². The van der Waals surface area contributed by atoms with Crippen molar-refractivity contribution in [2.45, 2.75) is 0 Å². The van der Waals surface area contributed by atoms with Crippen LogP contribution in [0.1, 0.15) is 4.88 Å². The standard InChI is InChI=1S/C13H11Cl2N3S2/c1-18(16-8-9-4-3-7-20-9)13(19)17-11-6-2-5-10(14)12(11)15/h2-8H,1H3,(H,17,19)/b16-8+. The Hall–Kier alpha value is -1.14. The summed E-state index contributed by atoms with van der Waals surface area (Å²) in [6, 6.07) is 9.27. The summed E-state index contributed by atoms with van der Waals surface area (Å²) in [4.78, 5) is 1.06. The Balaban J connectivity index is 2.02. The van der Waals surface area contributed by atoms with Crippen LogP contribution in [0.4, 0.5) is 5.69 Å². The van der Waals surface area contributed by atoms with Crippen molar-refractivity contribution in [1.82, 2.24) is 5.01 Å². The highest BCUT2D eigenvalue weighted by Crippen LogP contribution is 2.29. The quantitative estimate of drug-likeness (QED) is 0.496. The molecule has 1 heterocycles. The number of nitrogens with zero attached hydrogens (tertiary/aromatic N) is 2. The maximum absolute atomic E-state index is 6.09. The molecule has 0 amide bonds. The third kappa shape index (κ3) is 3.93. The van der Waals surface area contributed by atoms with Gasteiger partial charge in [-0.05, 0) is 35.8 Å². The van der Waals surface area contributed by atoms with Gasteiger partial charge in [0.05, 0.1) is 21.9 Å². The molecule has 0 aliphatic carbocycles. The number of thiocarbonyl (C=S) groups is 1. The maximum atomic E-state index is 6.09. The number of anilines is 1. The lowest BCUT2D eigenvalue weighted by molar-refractivity contribution is 0.557. The van der Waals surface area contributed by atoms with Gasteiger partial charge in [0, 0.05) is 11.9 Å². The summed E-state index contributed by atoms with van der Waals surface area (Å²) in [6.45, 7) is 0. The average Bonchev–Trinajstić information content (AvgIpc) is 2.94. The zero-order valence-corrected chi connectivity index (χ0v) is 13.7. The number of nitrogens with one attached hydrogen (secondary N) is 1. The van der Waals surface area contributed by atoms with E-state index in [1.807, 2.05) is 17.5 Å². The number of benzene rings is 1. The molecule has 1 aromatic carbocycles. The van der Waals surface area contributed by atoms with Crippen LogP contribution in [0.5, 0.6) is 0 Å². The molecule has 0 unspecified atom stereocenters. The van der Waals surface area contributed by atoms with E-state index in [9.17, 15) is 0 Å². The minimum atomic E-state index is 0.432. The summed E-state index contributed by atoms with van der Waals surface area (Å²) < 4.78 is 0. The third-order valence-corrected chi connectivity index (χ3v) is 4.38. The summed E-state index contributed by atoms with van der Waals surface area (Å²) in [7, 11) is 1.76. The molecule has 0 bridgehead atoms. The van der Waals surface area contributed by atoms with Crippen LogP contribution >= 0.6 is 46.8 Å². The zero-order valence-electron chi connectivity index (χ0n) is 10.5. The molecule has 3 nitrogen and oxygen atoms in total. The van der Waals surface area contributed by atoms with Gasteiger partial charge in [0.1, 0.15) is 0 Å². The van der Waals surface area contributed by atoms with E-state index in [1.54, 1.807) is 47.8 Å². The number of hydrazone groups is 1. The molecule has 1 aromatic heterocycles. The van der Waals surface area contributed by atoms with Gasteiger partial charge in [-0.25, -0.2) is 5.01 Å². The first-order chi connectivity index (χ1) is 9.58. The lowest BCUT2D eigenvalue weighted by Crippen LogP contribution is -2.26. The van der Waals surface area contributed by atoms with E-state index in [-0.39, 0.29) is 0 Å². The Morgan fingerprint density at radius 3 is 2.85 bits per heavy atom. The van der Waals surface area contributed by atoms with Crippen LogP contribution in [0.15, 0.2) is 40.8 Å². The van der Waals surface area contributed by atoms with Gasteiger partial charge in [-0.3, -0.25) is 0 Å². The van der Waals surface area contributed by atoms with Crippen molar-refractivity contribution in [3.63, 3.8) is 0 Å². The third-order valence-electron chi connectivity index (χ3n) is 2.39. The van der Waals surface area contributed by atoms with E-state index < -0.39 is 0 Å². The van der Waals surface area contributed by atoms with Crippen molar-refractivity contribution in [2.24, 2.45) is 5.10 Å². The van der Waals surface area contributed by atoms with Crippen LogP contribution in [0, 0.1) is 0 Å². The summed E-state index contributed by atoms with van der Waals surface area (Å²) >= 11 is 18.9. The number of hydrogen-bond donors (Lipinski definition) is 1. The highest BCUT2D eigenvalue weighted by Gasteiger charge is 2.08. The Kier molecular flexibility index (Phi) is 5.37. The Labute approximate surface area is 136 Å². The van der Waals surface area contributed by atoms with Gasteiger partial charge in [-0.15, -0.1) is 11.3 Å². The molecular formula is C13H11Cl2N3S2. The minimum absolute atomic E-state index is 0.432. The van der Waals surface area contributed by atoms with Crippen molar-refractivity contribution in [2.75, 3.05) is 12.4 Å². The second-order valence-corrected chi connectivity index (χ2v) is 5.97. The molecule has 2 aromatic rings. The molecule has 0 fully saturated rings. The molecule has 0 aliphatic heterocycles. The largest absolute Gasteiger partial charge is 0.330 e. The van der Waals surface area contributed by atoms with Crippen molar-refractivity contribution in [1.29, 1.82) is 0 Å². The van der Waals surface area contributed by atoms with Crippen LogP contribution in [-0.4, -0.2) is 23.4 Å². The topological polar surface area (TPSA) is 27.6 Å². The molecule has 7 heteroatoms. The van der Waals surface area contributed by atoms with Crippen molar-refractivity contribution < 1.29 is 0 Å². The SMILES string of the molecule is CN(/N=C/c1cccs1)C(=S)Nc1cccc(Cl)c1Cl. The van der Waals surface area contributed by atoms with Gasteiger partial charge < -0.3 is 5.32 Å². The van der Waals surface area contributed by atoms with E-state index >= 15 is 0 Å². The molecule has 2 rings (SSSR count). The lowest BCUT2D eigenvalue weighted by Gasteiger charge is -2.16. The minimum Gasteiger partial charge on any atom is -0.330 e. The maximum Gasteiger partial charge on any atom is 0.193 e. The van der Waals surface area contributed by atoms with Crippen LogP contribution < -0.4 is 5.32 Å². The normalized spacial score (nSPS) is 10.8. The molecule has 0 atom stereocenters. The van der Waals surface area contributed by atoms with Gasteiger partial charge in [0.15, 0.2) is 5.11 Å². The number of rotatable bonds is 3. The highest BCUT2D eigenvalue weighted by atomic mass is 35.5. The number of hydrogen-bond acceptors (Lipinski definition) is 3.